The van der Waals surface area contributed by atoms with Gasteiger partial charge in [-0.25, -0.2) is 9.78 Å². The molecule has 3 heterocycles. The molecular weight excluding hydrogens is 502 g/mol. The molecule has 188 valence electrons. The van der Waals surface area contributed by atoms with Crippen LogP contribution in [0, 0.1) is 6.92 Å². The Bertz CT molecular complexity index is 1270. The number of thiazole rings is 1. The van der Waals surface area contributed by atoms with E-state index >= 15 is 0 Å². The molecule has 2 aliphatic rings. The molecule has 1 aromatic heterocycles. The van der Waals surface area contributed by atoms with E-state index in [1.165, 1.54) is 35.5 Å². The third-order valence-electron chi connectivity index (χ3n) is 5.42. The number of nitrogens with one attached hydrogen (secondary N) is 1. The maximum Gasteiger partial charge on any atom is 0.336 e. The van der Waals surface area contributed by atoms with Crippen molar-refractivity contribution in [3.05, 3.63) is 63.8 Å². The number of anilines is 1. The molecule has 10 nitrogen and oxygen atoms in total. The summed E-state index contributed by atoms with van der Waals surface area (Å²) in [6.07, 6.45) is 3.46. The highest BCUT2D eigenvalue weighted by molar-refractivity contribution is 8.00. The van der Waals surface area contributed by atoms with Crippen molar-refractivity contribution in [2.24, 2.45) is 5.16 Å². The Kier molecular flexibility index (Phi) is 7.75. The maximum atomic E-state index is 12.8. The number of carbonyl (C=O) groups excluding carboxylic acids is 3. The Morgan fingerprint density at radius 1 is 1.33 bits per heavy atom. The first-order valence-electron chi connectivity index (χ1n) is 11.0. The first-order valence-corrected chi connectivity index (χ1v) is 12.9. The number of esters is 1. The number of aryl methyl sites for hydroxylation is 1. The van der Waals surface area contributed by atoms with Gasteiger partial charge >= 0.3 is 5.97 Å². The summed E-state index contributed by atoms with van der Waals surface area (Å²) in [6, 6.07) is 7.27. The van der Waals surface area contributed by atoms with Crippen LogP contribution in [0.3, 0.4) is 0 Å². The average Bonchev–Trinajstić information content (AvgIpc) is 3.30. The summed E-state index contributed by atoms with van der Waals surface area (Å²) in [5, 5.41) is 7.92. The topological polar surface area (TPSA) is 136 Å². The summed E-state index contributed by atoms with van der Waals surface area (Å²) in [5.74, 6) is -1.07. The minimum atomic E-state index is -0.769. The van der Waals surface area contributed by atoms with Crippen LogP contribution in [-0.4, -0.2) is 64.3 Å². The number of hydrogen-bond acceptors (Lipinski definition) is 10. The van der Waals surface area contributed by atoms with Gasteiger partial charge in [0.25, 0.3) is 11.8 Å². The average molecular weight is 528 g/mol. The van der Waals surface area contributed by atoms with Crippen LogP contribution in [-0.2, 0) is 24.0 Å². The molecule has 0 spiro atoms. The lowest BCUT2D eigenvalue weighted by molar-refractivity contribution is -0.144. The Balaban J connectivity index is 1.34. The van der Waals surface area contributed by atoms with Gasteiger partial charge in [-0.1, -0.05) is 41.1 Å². The smallest absolute Gasteiger partial charge is 0.336 e. The fraction of sp³-hybridized carbons (Fsp3) is 0.292. The van der Waals surface area contributed by atoms with Gasteiger partial charge in [-0.3, -0.25) is 9.59 Å². The number of fused-ring (bicyclic) bond motifs is 1. The summed E-state index contributed by atoms with van der Waals surface area (Å²) in [4.78, 5) is 48.3. The number of hydrogen-bond donors (Lipinski definition) is 2. The second-order valence-corrected chi connectivity index (χ2v) is 10.2. The van der Waals surface area contributed by atoms with Crippen LogP contribution in [0.15, 0.2) is 52.1 Å². The van der Waals surface area contributed by atoms with Crippen molar-refractivity contribution in [1.82, 2.24) is 15.2 Å². The van der Waals surface area contributed by atoms with E-state index in [-0.39, 0.29) is 34.4 Å². The van der Waals surface area contributed by atoms with Crippen LogP contribution in [0.25, 0.3) is 6.08 Å². The van der Waals surface area contributed by atoms with Crippen LogP contribution in [0.2, 0.25) is 0 Å². The number of carbonyl (C=O) groups is 3. The van der Waals surface area contributed by atoms with Gasteiger partial charge in [-0.2, -0.15) is 0 Å². The second kappa shape index (κ2) is 11.0. The number of ether oxygens (including phenoxy) is 1. The number of thioether (sulfide) groups is 1. The van der Waals surface area contributed by atoms with Crippen LogP contribution in [0.1, 0.15) is 23.7 Å². The number of nitrogens with two attached hydrogens (primary N) is 1. The van der Waals surface area contributed by atoms with E-state index in [1.54, 1.807) is 5.38 Å². The fourth-order valence-electron chi connectivity index (χ4n) is 3.59. The molecule has 0 saturated carbocycles. The number of β-lactam (4-membered cyclic amide) rings is 1. The Hall–Kier alpha value is -3.64. The molecule has 1 unspecified atom stereocenters. The minimum Gasteiger partial charge on any atom is -0.458 e. The van der Waals surface area contributed by atoms with Crippen molar-refractivity contribution < 1.29 is 24.0 Å². The highest BCUT2D eigenvalue weighted by atomic mass is 32.2. The van der Waals surface area contributed by atoms with Crippen LogP contribution < -0.4 is 11.1 Å². The largest absolute Gasteiger partial charge is 0.458 e. The molecule has 4 rings (SSSR count). The zero-order chi connectivity index (χ0) is 25.8. The van der Waals surface area contributed by atoms with Gasteiger partial charge in [0.1, 0.15) is 30.8 Å². The van der Waals surface area contributed by atoms with E-state index in [4.69, 9.17) is 15.3 Å². The molecule has 2 aromatic rings. The van der Waals surface area contributed by atoms with E-state index in [2.05, 4.69) is 15.5 Å². The fourth-order valence-corrected chi connectivity index (χ4v) is 5.38. The molecule has 1 fully saturated rings. The molecule has 2 atom stereocenters. The van der Waals surface area contributed by atoms with E-state index in [0.29, 0.717) is 11.3 Å². The molecular formula is C24H25N5O5S2. The molecule has 36 heavy (non-hydrogen) atoms. The summed E-state index contributed by atoms with van der Waals surface area (Å²) in [6.45, 7) is 4.06. The number of nitrogen functional groups attached to an aromatic ring is 1. The molecule has 1 saturated heterocycles. The van der Waals surface area contributed by atoms with Gasteiger partial charge in [0.05, 0.1) is 5.57 Å². The number of oxime groups is 1. The SMILES string of the molecule is CON=C(C(=O)NC1C(=O)N2C=C(C(=O)OCC(C)=Cc3ccc(C)cc3)CS[C@H]12)c1csc(N)n1. The van der Waals surface area contributed by atoms with Gasteiger partial charge in [0.15, 0.2) is 10.8 Å². The first kappa shape index (κ1) is 25.5. The monoisotopic (exact) mass is 527 g/mol. The number of amides is 2. The Morgan fingerprint density at radius 3 is 2.75 bits per heavy atom. The van der Waals surface area contributed by atoms with Crippen molar-refractivity contribution >= 4 is 57.8 Å². The lowest BCUT2D eigenvalue weighted by Gasteiger charge is -2.47. The lowest BCUT2D eigenvalue weighted by atomic mass is 10.1. The zero-order valence-electron chi connectivity index (χ0n) is 19.9. The van der Waals surface area contributed by atoms with Crippen molar-refractivity contribution in [3.8, 4) is 0 Å². The van der Waals surface area contributed by atoms with E-state index in [1.807, 2.05) is 44.2 Å². The van der Waals surface area contributed by atoms with Crippen LogP contribution in [0.5, 0.6) is 0 Å². The van der Waals surface area contributed by atoms with Crippen LogP contribution >= 0.6 is 23.1 Å². The standard InChI is InChI=1S/C24H25N5O5S2/c1-13-4-6-15(7-5-13)8-14(2)10-34-23(32)16-9-29-21(31)19(22(29)35-11-16)27-20(30)18(28-33-3)17-12-36-24(25)26-17/h4-9,12,19,22H,10-11H2,1-3H3,(H2,25,26)(H,27,30)/t19?,22-/m1/s1. The summed E-state index contributed by atoms with van der Waals surface area (Å²) < 4.78 is 5.44. The molecule has 1 aromatic carbocycles. The summed E-state index contributed by atoms with van der Waals surface area (Å²) in [5.41, 5.74) is 9.31. The molecule has 0 bridgehead atoms. The number of aromatic nitrogens is 1. The molecule has 0 radical (unpaired) electrons. The molecule has 0 aliphatic carbocycles. The maximum absolute atomic E-state index is 12.8. The van der Waals surface area contributed by atoms with Gasteiger partial charge in [0, 0.05) is 17.3 Å². The van der Waals surface area contributed by atoms with Gasteiger partial charge in [-0.15, -0.1) is 23.1 Å². The zero-order valence-corrected chi connectivity index (χ0v) is 21.5. The normalized spacial score (nSPS) is 19.7. The van der Waals surface area contributed by atoms with Crippen molar-refractivity contribution in [1.29, 1.82) is 0 Å². The van der Waals surface area contributed by atoms with Gasteiger partial charge < -0.3 is 25.5 Å². The van der Waals surface area contributed by atoms with Crippen molar-refractivity contribution in [3.63, 3.8) is 0 Å². The predicted octanol–water partition coefficient (Wildman–Crippen LogP) is 2.31. The van der Waals surface area contributed by atoms with Gasteiger partial charge in [0.2, 0.25) is 0 Å². The molecule has 2 amide bonds. The van der Waals surface area contributed by atoms with Crippen molar-refractivity contribution in [2.75, 3.05) is 25.2 Å². The quantitative estimate of drug-likeness (QED) is 0.231. The molecule has 3 N–H and O–H groups in total. The van der Waals surface area contributed by atoms with Gasteiger partial charge in [-0.05, 0) is 25.0 Å². The molecule has 12 heteroatoms. The third-order valence-corrected chi connectivity index (χ3v) is 7.41. The van der Waals surface area contributed by atoms with E-state index < -0.39 is 17.9 Å². The number of nitrogens with zero attached hydrogens (tertiary/aromatic N) is 3. The number of rotatable bonds is 8. The minimum absolute atomic E-state index is 0.0774. The summed E-state index contributed by atoms with van der Waals surface area (Å²) in [7, 11) is 1.31. The Morgan fingerprint density at radius 2 is 2.08 bits per heavy atom. The van der Waals surface area contributed by atoms with E-state index in [0.717, 1.165) is 22.5 Å². The summed E-state index contributed by atoms with van der Waals surface area (Å²) >= 11 is 2.53. The lowest BCUT2D eigenvalue weighted by Crippen LogP contribution is -2.69. The third kappa shape index (κ3) is 5.60. The molecule has 2 aliphatic heterocycles. The van der Waals surface area contributed by atoms with E-state index in [9.17, 15) is 14.4 Å². The van der Waals surface area contributed by atoms with Crippen LogP contribution in [0.4, 0.5) is 5.13 Å². The highest BCUT2D eigenvalue weighted by Crippen LogP contribution is 2.36. The Labute approximate surface area is 216 Å². The predicted molar refractivity (Wildman–Crippen MR) is 139 cm³/mol. The second-order valence-electron chi connectivity index (χ2n) is 8.22. The number of benzene rings is 1. The highest BCUT2D eigenvalue weighted by Gasteiger charge is 2.50. The van der Waals surface area contributed by atoms with Crippen molar-refractivity contribution in [2.45, 2.75) is 25.3 Å². The first-order chi connectivity index (χ1) is 17.3.